The normalized spacial score (nSPS) is 12.0. The van der Waals surface area contributed by atoms with Crippen LogP contribution in [0.3, 0.4) is 0 Å². The molecule has 1 atom stereocenters. The van der Waals surface area contributed by atoms with Crippen LogP contribution in [-0.4, -0.2) is 51.4 Å². The molecule has 0 bridgehead atoms. The van der Waals surface area contributed by atoms with Crippen LogP contribution in [0.4, 0.5) is 5.69 Å². The number of nitrogens with zero attached hydrogens (tertiary/aromatic N) is 2. The number of methoxy groups -OCH3 is 1. The van der Waals surface area contributed by atoms with Crippen molar-refractivity contribution < 1.29 is 22.7 Å². The minimum Gasteiger partial charge on any atom is -0.497 e. The quantitative estimate of drug-likeness (QED) is 0.259. The Balaban J connectivity index is 2.09. The summed E-state index contributed by atoms with van der Waals surface area (Å²) in [6.45, 7) is 5.35. The summed E-state index contributed by atoms with van der Waals surface area (Å²) in [6, 6.07) is 16.8. The lowest BCUT2D eigenvalue weighted by atomic mass is 10.1. The molecular formula is C30H35Cl2N3O5S. The fraction of sp³-hybridized carbons (Fsp3) is 0.333. The molecule has 0 aliphatic carbocycles. The molecule has 41 heavy (non-hydrogen) atoms. The summed E-state index contributed by atoms with van der Waals surface area (Å²) in [4.78, 5) is 28.7. The third-order valence-corrected chi connectivity index (χ3v) is 9.07. The molecule has 0 saturated heterocycles. The van der Waals surface area contributed by atoms with E-state index in [1.54, 1.807) is 61.5 Å². The number of carbonyl (C=O) groups excluding carboxylic acids is 2. The van der Waals surface area contributed by atoms with Gasteiger partial charge in [-0.3, -0.25) is 13.9 Å². The summed E-state index contributed by atoms with van der Waals surface area (Å²) in [5.74, 6) is -0.407. The van der Waals surface area contributed by atoms with Crippen LogP contribution in [0.15, 0.2) is 71.6 Å². The van der Waals surface area contributed by atoms with Gasteiger partial charge in [-0.05, 0) is 68.3 Å². The van der Waals surface area contributed by atoms with E-state index in [1.807, 2.05) is 13.8 Å². The zero-order chi connectivity index (χ0) is 30.2. The number of nitrogens with one attached hydrogen (secondary N) is 1. The van der Waals surface area contributed by atoms with Gasteiger partial charge in [-0.15, -0.1) is 0 Å². The van der Waals surface area contributed by atoms with Crippen LogP contribution >= 0.6 is 23.2 Å². The standard InChI is InChI=1S/C30H35Cl2N3O5S/c1-5-18-33-30(37)28(6-2)34(19-25-26(31)8-7-9-27(25)32)29(36)20-35(22-12-14-23(40-4)15-13-22)41(38,39)24-16-10-21(3)11-17-24/h7-17,28H,5-6,18-20H2,1-4H3,(H,33,37)/t28-/m1/s1. The van der Waals surface area contributed by atoms with E-state index >= 15 is 0 Å². The van der Waals surface area contributed by atoms with Crippen LogP contribution in [0.2, 0.25) is 10.0 Å². The van der Waals surface area contributed by atoms with E-state index < -0.39 is 28.5 Å². The van der Waals surface area contributed by atoms with Gasteiger partial charge in [0.1, 0.15) is 18.3 Å². The number of halogens is 2. The lowest BCUT2D eigenvalue weighted by Gasteiger charge is -2.33. The Kier molecular flexibility index (Phi) is 11.5. The summed E-state index contributed by atoms with van der Waals surface area (Å²) in [5, 5.41) is 3.51. The molecule has 2 amide bonds. The van der Waals surface area contributed by atoms with Crippen molar-refractivity contribution in [1.29, 1.82) is 0 Å². The molecule has 11 heteroatoms. The second-order valence-electron chi connectivity index (χ2n) is 9.46. The van der Waals surface area contributed by atoms with Crippen molar-refractivity contribution in [2.75, 3.05) is 24.5 Å². The number of hydrogen-bond acceptors (Lipinski definition) is 5. The SMILES string of the molecule is CCCNC(=O)[C@@H](CC)N(Cc1c(Cl)cccc1Cl)C(=O)CN(c1ccc(OC)cc1)S(=O)(=O)c1ccc(C)cc1. The number of benzene rings is 3. The first-order valence-corrected chi connectivity index (χ1v) is 15.5. The van der Waals surface area contributed by atoms with Gasteiger partial charge in [0.15, 0.2) is 0 Å². The van der Waals surface area contributed by atoms with Gasteiger partial charge in [0.25, 0.3) is 10.0 Å². The molecular weight excluding hydrogens is 585 g/mol. The number of anilines is 1. The van der Waals surface area contributed by atoms with Crippen LogP contribution < -0.4 is 14.4 Å². The second-order valence-corrected chi connectivity index (χ2v) is 12.1. The third kappa shape index (κ3) is 7.93. The predicted molar refractivity (Wildman–Crippen MR) is 163 cm³/mol. The number of sulfonamides is 1. The smallest absolute Gasteiger partial charge is 0.264 e. The highest BCUT2D eigenvalue weighted by molar-refractivity contribution is 7.92. The van der Waals surface area contributed by atoms with Crippen LogP contribution in [0.25, 0.3) is 0 Å². The predicted octanol–water partition coefficient (Wildman–Crippen LogP) is 5.84. The summed E-state index contributed by atoms with van der Waals surface area (Å²) < 4.78 is 34.2. The van der Waals surface area contributed by atoms with Gasteiger partial charge in [-0.1, -0.05) is 60.8 Å². The highest BCUT2D eigenvalue weighted by Gasteiger charge is 2.34. The Morgan fingerprint density at radius 1 is 0.951 bits per heavy atom. The monoisotopic (exact) mass is 619 g/mol. The average Bonchev–Trinajstić information content (AvgIpc) is 2.96. The van der Waals surface area contributed by atoms with E-state index in [1.165, 1.54) is 24.1 Å². The van der Waals surface area contributed by atoms with Crippen molar-refractivity contribution in [1.82, 2.24) is 10.2 Å². The minimum absolute atomic E-state index is 0.0279. The third-order valence-electron chi connectivity index (χ3n) is 6.57. The molecule has 220 valence electrons. The first-order chi connectivity index (χ1) is 19.5. The van der Waals surface area contributed by atoms with Crippen LogP contribution in [0, 0.1) is 6.92 Å². The maximum atomic E-state index is 14.1. The van der Waals surface area contributed by atoms with Gasteiger partial charge in [0, 0.05) is 28.7 Å². The first kappa shape index (κ1) is 32.2. The van der Waals surface area contributed by atoms with E-state index in [9.17, 15) is 18.0 Å². The largest absolute Gasteiger partial charge is 0.497 e. The Morgan fingerprint density at radius 2 is 1.56 bits per heavy atom. The van der Waals surface area contributed by atoms with Gasteiger partial charge >= 0.3 is 0 Å². The lowest BCUT2D eigenvalue weighted by molar-refractivity contribution is -0.140. The molecule has 1 N–H and O–H groups in total. The molecule has 0 unspecified atom stereocenters. The van der Waals surface area contributed by atoms with Gasteiger partial charge in [-0.25, -0.2) is 8.42 Å². The van der Waals surface area contributed by atoms with E-state index in [0.717, 1.165) is 9.87 Å². The number of aryl methyl sites for hydroxylation is 1. The van der Waals surface area contributed by atoms with Crippen LogP contribution in [0.5, 0.6) is 5.75 Å². The van der Waals surface area contributed by atoms with E-state index in [2.05, 4.69) is 5.32 Å². The summed E-state index contributed by atoms with van der Waals surface area (Å²) >= 11 is 12.9. The number of rotatable bonds is 13. The highest BCUT2D eigenvalue weighted by Crippen LogP contribution is 2.29. The zero-order valence-corrected chi connectivity index (χ0v) is 25.9. The van der Waals surface area contributed by atoms with Gasteiger partial charge < -0.3 is 15.0 Å². The van der Waals surface area contributed by atoms with Crippen molar-refractivity contribution in [3.8, 4) is 5.75 Å². The Morgan fingerprint density at radius 3 is 2.10 bits per heavy atom. The molecule has 3 aromatic rings. The van der Waals surface area contributed by atoms with Gasteiger partial charge in [-0.2, -0.15) is 0 Å². The maximum absolute atomic E-state index is 14.1. The number of ether oxygens (including phenoxy) is 1. The Labute approximate surface area is 252 Å². The molecule has 0 saturated carbocycles. The van der Waals surface area contributed by atoms with Gasteiger partial charge in [0.2, 0.25) is 11.8 Å². The number of amides is 2. The summed E-state index contributed by atoms with van der Waals surface area (Å²) in [7, 11) is -2.68. The Hall–Kier alpha value is -3.27. The lowest BCUT2D eigenvalue weighted by Crippen LogP contribution is -2.52. The maximum Gasteiger partial charge on any atom is 0.264 e. The van der Waals surface area contributed by atoms with E-state index in [0.29, 0.717) is 34.3 Å². The molecule has 8 nitrogen and oxygen atoms in total. The molecule has 0 aromatic heterocycles. The molecule has 0 aliphatic rings. The molecule has 0 heterocycles. The minimum atomic E-state index is -4.18. The highest BCUT2D eigenvalue weighted by atomic mass is 35.5. The van der Waals surface area contributed by atoms with Gasteiger partial charge in [0.05, 0.1) is 17.7 Å². The van der Waals surface area contributed by atoms with Crippen LogP contribution in [0.1, 0.15) is 37.8 Å². The second kappa shape index (κ2) is 14.6. The molecule has 0 spiro atoms. The Bertz CT molecular complexity index is 1430. The fourth-order valence-electron chi connectivity index (χ4n) is 4.25. The van der Waals surface area contributed by atoms with Crippen molar-refractivity contribution in [3.05, 3.63) is 87.9 Å². The molecule has 3 rings (SSSR count). The van der Waals surface area contributed by atoms with E-state index in [4.69, 9.17) is 27.9 Å². The van der Waals surface area contributed by atoms with E-state index in [-0.39, 0.29) is 29.5 Å². The van der Waals surface area contributed by atoms with Crippen molar-refractivity contribution in [2.24, 2.45) is 0 Å². The van der Waals surface area contributed by atoms with Crippen molar-refractivity contribution in [3.63, 3.8) is 0 Å². The van der Waals surface area contributed by atoms with Crippen molar-refractivity contribution in [2.45, 2.75) is 51.1 Å². The number of carbonyl (C=O) groups is 2. The molecule has 0 aliphatic heterocycles. The van der Waals surface area contributed by atoms with Crippen molar-refractivity contribution >= 4 is 50.7 Å². The molecule has 3 aromatic carbocycles. The summed E-state index contributed by atoms with van der Waals surface area (Å²) in [5.41, 5.74) is 1.62. The first-order valence-electron chi connectivity index (χ1n) is 13.3. The molecule has 0 radical (unpaired) electrons. The summed E-state index contributed by atoms with van der Waals surface area (Å²) in [6.07, 6.45) is 1.00. The average molecular weight is 621 g/mol. The molecule has 0 fully saturated rings. The zero-order valence-electron chi connectivity index (χ0n) is 23.6. The van der Waals surface area contributed by atoms with Crippen LogP contribution in [-0.2, 0) is 26.2 Å². The topological polar surface area (TPSA) is 96.0 Å². The fourth-order valence-corrected chi connectivity index (χ4v) is 6.19. The number of hydrogen-bond donors (Lipinski definition) is 1.